The Morgan fingerprint density at radius 3 is 2.82 bits per heavy atom. The topological polar surface area (TPSA) is 215 Å². The van der Waals surface area contributed by atoms with E-state index in [-0.39, 0.29) is 22.9 Å². The maximum atomic E-state index is 12.1. The minimum Gasteiger partial charge on any atom is -0.495 e. The highest BCUT2D eigenvalue weighted by Gasteiger charge is 2.44. The molecule has 2 amide bonds. The number of nitrogen functional groups attached to an aromatic ring is 1. The Morgan fingerprint density at radius 1 is 1.30 bits per heavy atom. The summed E-state index contributed by atoms with van der Waals surface area (Å²) in [5, 5.41) is 39.4. The molecule has 0 bridgehead atoms. The quantitative estimate of drug-likeness (QED) is 0.212. The number of anilines is 2. The van der Waals surface area contributed by atoms with Gasteiger partial charge in [0.25, 0.3) is 5.95 Å². The predicted octanol–water partition coefficient (Wildman–Crippen LogP) is -0.151. The summed E-state index contributed by atoms with van der Waals surface area (Å²) in [5.74, 6) is 0.230. The van der Waals surface area contributed by atoms with E-state index in [9.17, 15) is 20.1 Å². The van der Waals surface area contributed by atoms with Gasteiger partial charge in [0.2, 0.25) is 0 Å². The van der Waals surface area contributed by atoms with Crippen molar-refractivity contribution in [2.75, 3.05) is 24.8 Å². The number of nitrogens with two attached hydrogens (primary N) is 1. The molecule has 2 aromatic heterocycles. The maximum Gasteiger partial charge on any atom is 0.341 e. The summed E-state index contributed by atoms with van der Waals surface area (Å²) >= 11 is 0. The van der Waals surface area contributed by atoms with Crippen LogP contribution in [0, 0.1) is 0 Å². The molecule has 0 radical (unpaired) electrons. The highest BCUT2D eigenvalue weighted by molar-refractivity contribution is 5.90. The van der Waals surface area contributed by atoms with Gasteiger partial charge in [0, 0.05) is 0 Å². The number of methoxy groups -OCH3 is 1. The normalized spacial score (nSPS) is 22.7. The van der Waals surface area contributed by atoms with Crippen LogP contribution in [0.15, 0.2) is 40.9 Å². The molecule has 33 heavy (non-hydrogen) atoms. The molecule has 4 atom stereocenters. The lowest BCUT2D eigenvalue weighted by Gasteiger charge is -2.16. The zero-order chi connectivity index (χ0) is 23.5. The molecular formula is C18H21N9O6. The van der Waals surface area contributed by atoms with Crippen LogP contribution < -0.4 is 21.2 Å². The summed E-state index contributed by atoms with van der Waals surface area (Å²) in [4.78, 5) is 24.3. The molecule has 0 unspecified atom stereocenters. The number of hydrogen-bond donors (Lipinski definition) is 6. The second-order valence-electron chi connectivity index (χ2n) is 6.93. The van der Waals surface area contributed by atoms with Crippen LogP contribution in [0.1, 0.15) is 6.23 Å². The molecule has 1 fully saturated rings. The lowest BCUT2D eigenvalue weighted by molar-refractivity contribution is -0.0511. The van der Waals surface area contributed by atoms with Gasteiger partial charge in [0.05, 0.1) is 25.7 Å². The van der Waals surface area contributed by atoms with Gasteiger partial charge >= 0.3 is 6.03 Å². The van der Waals surface area contributed by atoms with Gasteiger partial charge in [-0.1, -0.05) is 22.5 Å². The highest BCUT2D eigenvalue weighted by Crippen LogP contribution is 2.32. The van der Waals surface area contributed by atoms with Crippen LogP contribution in [0.5, 0.6) is 5.75 Å². The third kappa shape index (κ3) is 4.37. The van der Waals surface area contributed by atoms with Crippen molar-refractivity contribution in [2.24, 2.45) is 10.3 Å². The number of nitrogens with zero attached hydrogens (tertiary/aromatic N) is 6. The number of rotatable bonds is 6. The van der Waals surface area contributed by atoms with E-state index >= 15 is 0 Å². The number of benzene rings is 1. The third-order valence-corrected chi connectivity index (χ3v) is 4.87. The number of aliphatic hydroxyl groups is 3. The van der Waals surface area contributed by atoms with Crippen molar-refractivity contribution in [2.45, 2.75) is 24.5 Å². The first-order chi connectivity index (χ1) is 15.9. The Balaban J connectivity index is 1.51. The Hall–Kier alpha value is -3.92. The van der Waals surface area contributed by atoms with E-state index in [1.165, 1.54) is 18.0 Å². The second kappa shape index (κ2) is 9.29. The molecule has 0 aliphatic carbocycles. The summed E-state index contributed by atoms with van der Waals surface area (Å²) in [6.45, 7) is -0.486. The van der Waals surface area contributed by atoms with Gasteiger partial charge in [0.1, 0.15) is 29.6 Å². The van der Waals surface area contributed by atoms with Gasteiger partial charge in [-0.15, -0.1) is 0 Å². The van der Waals surface area contributed by atoms with Crippen LogP contribution in [-0.2, 0) is 4.74 Å². The number of urea groups is 1. The predicted molar refractivity (Wildman–Crippen MR) is 112 cm³/mol. The number of aliphatic hydroxyl groups excluding tert-OH is 3. The fraction of sp³-hybridized carbons (Fsp3) is 0.333. The number of carbonyl (C=O) groups is 1. The molecule has 15 nitrogen and oxygen atoms in total. The summed E-state index contributed by atoms with van der Waals surface area (Å²) in [7, 11) is 1.47. The fourth-order valence-electron chi connectivity index (χ4n) is 3.28. The molecule has 3 heterocycles. The molecule has 7 N–H and O–H groups in total. The van der Waals surface area contributed by atoms with E-state index in [1.54, 1.807) is 24.3 Å². The Morgan fingerprint density at radius 2 is 2.09 bits per heavy atom. The van der Waals surface area contributed by atoms with Crippen molar-refractivity contribution < 1.29 is 29.6 Å². The molecule has 4 rings (SSSR count). The molecule has 1 aromatic carbocycles. The first-order valence-electron chi connectivity index (χ1n) is 9.66. The van der Waals surface area contributed by atoms with Crippen LogP contribution in [0.4, 0.5) is 22.2 Å². The van der Waals surface area contributed by atoms with Crippen molar-refractivity contribution in [3.05, 3.63) is 30.6 Å². The Labute approximate surface area is 185 Å². The van der Waals surface area contributed by atoms with E-state index in [2.05, 4.69) is 36.0 Å². The lowest BCUT2D eigenvalue weighted by atomic mass is 10.1. The van der Waals surface area contributed by atoms with Crippen molar-refractivity contribution in [1.29, 1.82) is 0 Å². The smallest absolute Gasteiger partial charge is 0.341 e. The van der Waals surface area contributed by atoms with Gasteiger partial charge in [-0.3, -0.25) is 4.57 Å². The van der Waals surface area contributed by atoms with E-state index in [1.807, 2.05) is 0 Å². The summed E-state index contributed by atoms with van der Waals surface area (Å²) in [6, 6.07) is 6.12. The number of aromatic nitrogens is 4. The molecule has 1 aliphatic heterocycles. The van der Waals surface area contributed by atoms with E-state index in [0.29, 0.717) is 11.4 Å². The van der Waals surface area contributed by atoms with Gasteiger partial charge in [-0.2, -0.15) is 9.97 Å². The van der Waals surface area contributed by atoms with Crippen molar-refractivity contribution in [1.82, 2.24) is 24.9 Å². The zero-order valence-electron chi connectivity index (χ0n) is 17.2. The van der Waals surface area contributed by atoms with Gasteiger partial charge in [-0.25, -0.2) is 15.2 Å². The van der Waals surface area contributed by atoms with Crippen LogP contribution in [0.3, 0.4) is 0 Å². The summed E-state index contributed by atoms with van der Waals surface area (Å²) in [5.41, 5.74) is 8.86. The van der Waals surface area contributed by atoms with Gasteiger partial charge in [-0.05, 0) is 12.1 Å². The number of imidazole rings is 1. The minimum atomic E-state index is -1.35. The van der Waals surface area contributed by atoms with Crippen LogP contribution in [-0.4, -0.2) is 72.9 Å². The SMILES string of the molecule is COc1ccccc1NC(=O)N/N=N/c1nc(N)c2ncn([C@@H]3O[C@H](CO)[C@@H](O)[C@H]3O)c2n1. The number of hydrogen-bond acceptors (Lipinski definition) is 12. The Bertz CT molecular complexity index is 1190. The first-order valence-corrected chi connectivity index (χ1v) is 9.66. The first kappa shape index (κ1) is 22.3. The number of para-hydroxylation sites is 2. The van der Waals surface area contributed by atoms with Crippen molar-refractivity contribution in [3.8, 4) is 5.75 Å². The monoisotopic (exact) mass is 459 g/mol. The van der Waals surface area contributed by atoms with E-state index < -0.39 is 37.2 Å². The Kier molecular flexibility index (Phi) is 6.27. The second-order valence-corrected chi connectivity index (χ2v) is 6.93. The number of fused-ring (bicyclic) bond motifs is 1. The minimum absolute atomic E-state index is 0.0297. The fourth-order valence-corrected chi connectivity index (χ4v) is 3.28. The van der Waals surface area contributed by atoms with Gasteiger partial charge in [0.15, 0.2) is 17.7 Å². The highest BCUT2D eigenvalue weighted by atomic mass is 16.6. The van der Waals surface area contributed by atoms with Crippen LogP contribution in [0.25, 0.3) is 11.2 Å². The molecule has 1 aliphatic rings. The molecular weight excluding hydrogens is 438 g/mol. The largest absolute Gasteiger partial charge is 0.495 e. The number of carbonyl (C=O) groups excluding carboxylic acids is 1. The van der Waals surface area contributed by atoms with E-state index in [0.717, 1.165) is 0 Å². The average Bonchev–Trinajstić information content (AvgIpc) is 3.35. The van der Waals surface area contributed by atoms with Crippen LogP contribution in [0.2, 0.25) is 0 Å². The zero-order valence-corrected chi connectivity index (χ0v) is 17.2. The summed E-state index contributed by atoms with van der Waals surface area (Å²) < 4.78 is 12.0. The summed E-state index contributed by atoms with van der Waals surface area (Å²) in [6.07, 6.45) is -3.41. The molecule has 174 valence electrons. The third-order valence-electron chi connectivity index (χ3n) is 4.87. The number of ether oxygens (including phenoxy) is 2. The standard InChI is InChI=1S/C18H21N9O6/c1-32-9-5-3-2-4-8(9)21-18(31)25-26-24-17-22-14(19)11-15(23-17)27(7-20-11)16-13(30)12(29)10(6-28)33-16/h2-5,7,10,12-13,16,28-30H,6H2,1H3,(H4,19,21,22,23,24,25,31)/t10-,12-,13-,16-/m1/s1. The molecule has 0 spiro atoms. The average molecular weight is 459 g/mol. The molecule has 0 saturated carbocycles. The molecule has 3 aromatic rings. The lowest BCUT2D eigenvalue weighted by Crippen LogP contribution is -2.33. The van der Waals surface area contributed by atoms with Crippen molar-refractivity contribution >= 4 is 34.6 Å². The maximum absolute atomic E-state index is 12.1. The van der Waals surface area contributed by atoms with Crippen LogP contribution >= 0.6 is 0 Å². The number of amides is 2. The molecule has 15 heteroatoms. The van der Waals surface area contributed by atoms with Gasteiger partial charge < -0.3 is 35.8 Å². The van der Waals surface area contributed by atoms with Crippen molar-refractivity contribution in [3.63, 3.8) is 0 Å². The number of nitrogens with one attached hydrogen (secondary N) is 2. The molecule has 1 saturated heterocycles. The van der Waals surface area contributed by atoms with E-state index in [4.69, 9.17) is 15.2 Å².